The lowest BCUT2D eigenvalue weighted by molar-refractivity contribution is 0.101. The summed E-state index contributed by atoms with van der Waals surface area (Å²) < 4.78 is 11.3. The zero-order valence-corrected chi connectivity index (χ0v) is 17.3. The van der Waals surface area contributed by atoms with Gasteiger partial charge in [0.1, 0.15) is 18.1 Å². The van der Waals surface area contributed by atoms with Gasteiger partial charge in [-0.25, -0.2) is 0 Å². The molecule has 1 aliphatic carbocycles. The third-order valence-corrected chi connectivity index (χ3v) is 5.89. The molecule has 0 radical (unpaired) electrons. The highest BCUT2D eigenvalue weighted by Gasteiger charge is 2.38. The Hall–Kier alpha value is -2.29. The van der Waals surface area contributed by atoms with Crippen LogP contribution in [0, 0.1) is 0 Å². The highest BCUT2D eigenvalue weighted by Crippen LogP contribution is 2.47. The van der Waals surface area contributed by atoms with Crippen LogP contribution in [-0.4, -0.2) is 12.9 Å². The van der Waals surface area contributed by atoms with Crippen LogP contribution in [0.4, 0.5) is 0 Å². The Morgan fingerprint density at radius 1 is 0.963 bits per heavy atom. The fourth-order valence-electron chi connectivity index (χ4n) is 3.87. The standard InChI is InChI=1S/C24H30O3/c1-16(25)19-13-20-21(24(4,5)12-11-23(20,2)3)14-22(19)27-15-17-7-9-18(26-6)10-8-17/h7-10,13-14H,11-12,15H2,1-6H3. The molecule has 0 aliphatic heterocycles. The monoisotopic (exact) mass is 366 g/mol. The molecule has 2 aromatic rings. The van der Waals surface area contributed by atoms with Crippen LogP contribution in [0.2, 0.25) is 0 Å². The Balaban J connectivity index is 1.97. The van der Waals surface area contributed by atoms with Gasteiger partial charge in [-0.15, -0.1) is 0 Å². The van der Waals surface area contributed by atoms with Crippen LogP contribution in [0.5, 0.6) is 11.5 Å². The number of carbonyl (C=O) groups excluding carboxylic acids is 1. The summed E-state index contributed by atoms with van der Waals surface area (Å²) in [5.41, 5.74) is 4.45. The van der Waals surface area contributed by atoms with Crippen molar-refractivity contribution in [1.82, 2.24) is 0 Å². The molecule has 0 fully saturated rings. The van der Waals surface area contributed by atoms with E-state index in [9.17, 15) is 4.79 Å². The average Bonchev–Trinajstić information content (AvgIpc) is 2.63. The van der Waals surface area contributed by atoms with Crippen LogP contribution >= 0.6 is 0 Å². The Kier molecular flexibility index (Phi) is 5.07. The number of Topliss-reactive ketones (excluding diaryl/α,β-unsaturated/α-hetero) is 1. The van der Waals surface area contributed by atoms with Gasteiger partial charge in [0, 0.05) is 0 Å². The van der Waals surface area contributed by atoms with Crippen molar-refractivity contribution in [3.8, 4) is 11.5 Å². The van der Waals surface area contributed by atoms with Gasteiger partial charge >= 0.3 is 0 Å². The van der Waals surface area contributed by atoms with E-state index in [1.807, 2.05) is 24.3 Å². The number of rotatable bonds is 5. The van der Waals surface area contributed by atoms with Crippen LogP contribution in [0.25, 0.3) is 0 Å². The second kappa shape index (κ2) is 7.03. The summed E-state index contributed by atoms with van der Waals surface area (Å²) in [6.07, 6.45) is 2.25. The third-order valence-electron chi connectivity index (χ3n) is 5.89. The summed E-state index contributed by atoms with van der Waals surface area (Å²) >= 11 is 0. The van der Waals surface area contributed by atoms with Crippen molar-refractivity contribution in [3.05, 3.63) is 58.7 Å². The minimum Gasteiger partial charge on any atom is -0.497 e. The molecule has 0 saturated heterocycles. The van der Waals surface area contributed by atoms with Crippen LogP contribution in [-0.2, 0) is 17.4 Å². The zero-order valence-electron chi connectivity index (χ0n) is 17.3. The fourth-order valence-corrected chi connectivity index (χ4v) is 3.87. The molecule has 0 saturated carbocycles. The third kappa shape index (κ3) is 3.87. The summed E-state index contributed by atoms with van der Waals surface area (Å²) in [6.45, 7) is 11.1. The molecule has 0 unspecified atom stereocenters. The summed E-state index contributed by atoms with van der Waals surface area (Å²) in [6, 6.07) is 12.0. The minimum atomic E-state index is 0.0433. The van der Waals surface area contributed by atoms with Crippen molar-refractivity contribution in [1.29, 1.82) is 0 Å². The number of ether oxygens (including phenoxy) is 2. The predicted octanol–water partition coefficient (Wildman–Crippen LogP) is 5.83. The van der Waals surface area contributed by atoms with Gasteiger partial charge in [-0.1, -0.05) is 39.8 Å². The molecule has 144 valence electrons. The molecular formula is C24H30O3. The number of methoxy groups -OCH3 is 1. The summed E-state index contributed by atoms with van der Waals surface area (Å²) in [5, 5.41) is 0. The van der Waals surface area contributed by atoms with Crippen LogP contribution < -0.4 is 9.47 Å². The second-order valence-corrected chi connectivity index (χ2v) is 8.85. The van der Waals surface area contributed by atoms with Crippen molar-refractivity contribution in [2.45, 2.75) is 64.9 Å². The highest BCUT2D eigenvalue weighted by atomic mass is 16.5. The topological polar surface area (TPSA) is 35.5 Å². The van der Waals surface area contributed by atoms with Crippen molar-refractivity contribution in [2.75, 3.05) is 7.11 Å². The molecule has 0 amide bonds. The van der Waals surface area contributed by atoms with Crippen molar-refractivity contribution < 1.29 is 14.3 Å². The first-order valence-corrected chi connectivity index (χ1v) is 9.60. The van der Waals surface area contributed by atoms with Crippen LogP contribution in [0.15, 0.2) is 36.4 Å². The summed E-state index contributed by atoms with van der Waals surface area (Å²) in [7, 11) is 1.65. The average molecular weight is 367 g/mol. The molecule has 27 heavy (non-hydrogen) atoms. The van der Waals surface area contributed by atoms with Gasteiger partial charge in [-0.2, -0.15) is 0 Å². The van der Waals surface area contributed by atoms with Gasteiger partial charge in [0.25, 0.3) is 0 Å². The number of hydrogen-bond acceptors (Lipinski definition) is 3. The molecular weight excluding hydrogens is 336 g/mol. The summed E-state index contributed by atoms with van der Waals surface area (Å²) in [5.74, 6) is 1.55. The largest absolute Gasteiger partial charge is 0.497 e. The lowest BCUT2D eigenvalue weighted by Gasteiger charge is -2.42. The molecule has 3 rings (SSSR count). The van der Waals surface area contributed by atoms with E-state index in [2.05, 4.69) is 39.8 Å². The van der Waals surface area contributed by atoms with Gasteiger partial charge in [-0.3, -0.25) is 4.79 Å². The van der Waals surface area contributed by atoms with Crippen molar-refractivity contribution in [3.63, 3.8) is 0 Å². The first-order valence-electron chi connectivity index (χ1n) is 9.60. The van der Waals surface area contributed by atoms with Gasteiger partial charge in [0.2, 0.25) is 0 Å². The first-order chi connectivity index (χ1) is 12.6. The maximum Gasteiger partial charge on any atom is 0.163 e. The molecule has 3 heteroatoms. The number of ketones is 1. The van der Waals surface area contributed by atoms with Gasteiger partial charge in [-0.05, 0) is 71.6 Å². The van der Waals surface area contributed by atoms with E-state index in [0.29, 0.717) is 17.9 Å². The maximum absolute atomic E-state index is 12.3. The molecule has 0 atom stereocenters. The molecule has 0 heterocycles. The Bertz CT molecular complexity index is 845. The summed E-state index contributed by atoms with van der Waals surface area (Å²) in [4.78, 5) is 12.3. The molecule has 3 nitrogen and oxygen atoms in total. The van der Waals surface area contributed by atoms with E-state index < -0.39 is 0 Å². The van der Waals surface area contributed by atoms with Crippen LogP contribution in [0.3, 0.4) is 0 Å². The molecule has 0 bridgehead atoms. The Labute approximate surface area is 162 Å². The molecule has 0 aromatic heterocycles. The first kappa shape index (κ1) is 19.5. The van der Waals surface area contributed by atoms with Gasteiger partial charge in [0.05, 0.1) is 12.7 Å². The Morgan fingerprint density at radius 2 is 1.52 bits per heavy atom. The highest BCUT2D eigenvalue weighted by molar-refractivity contribution is 5.97. The maximum atomic E-state index is 12.3. The lowest BCUT2D eigenvalue weighted by atomic mass is 9.63. The quantitative estimate of drug-likeness (QED) is 0.625. The zero-order chi connectivity index (χ0) is 19.8. The number of benzene rings is 2. The van der Waals surface area contributed by atoms with Gasteiger partial charge in [0.15, 0.2) is 5.78 Å². The normalized spacial score (nSPS) is 17.1. The van der Waals surface area contributed by atoms with E-state index >= 15 is 0 Å². The number of carbonyl (C=O) groups is 1. The Morgan fingerprint density at radius 3 is 2.04 bits per heavy atom. The molecule has 0 spiro atoms. The molecule has 0 N–H and O–H groups in total. The predicted molar refractivity (Wildman–Crippen MR) is 109 cm³/mol. The SMILES string of the molecule is COc1ccc(COc2cc3c(cc2C(C)=O)C(C)(C)CCC3(C)C)cc1. The smallest absolute Gasteiger partial charge is 0.163 e. The van der Waals surface area contributed by atoms with E-state index in [1.165, 1.54) is 11.1 Å². The molecule has 2 aromatic carbocycles. The number of fused-ring (bicyclic) bond motifs is 1. The number of hydrogen-bond donors (Lipinski definition) is 0. The van der Waals surface area contributed by atoms with E-state index in [1.54, 1.807) is 14.0 Å². The van der Waals surface area contributed by atoms with Crippen molar-refractivity contribution in [2.24, 2.45) is 0 Å². The van der Waals surface area contributed by atoms with Crippen LogP contribution in [0.1, 0.15) is 74.5 Å². The van der Waals surface area contributed by atoms with Gasteiger partial charge < -0.3 is 9.47 Å². The molecule has 1 aliphatic rings. The van der Waals surface area contributed by atoms with E-state index in [-0.39, 0.29) is 16.6 Å². The van der Waals surface area contributed by atoms with E-state index in [4.69, 9.17) is 9.47 Å². The minimum absolute atomic E-state index is 0.0433. The van der Waals surface area contributed by atoms with E-state index in [0.717, 1.165) is 24.2 Å². The lowest BCUT2D eigenvalue weighted by Crippen LogP contribution is -2.34. The second-order valence-electron chi connectivity index (χ2n) is 8.85. The fraction of sp³-hybridized carbons (Fsp3) is 0.458. The van der Waals surface area contributed by atoms with Crippen molar-refractivity contribution >= 4 is 5.78 Å².